The van der Waals surface area contributed by atoms with Gasteiger partial charge < -0.3 is 9.16 Å². The Bertz CT molecular complexity index is 140. The maximum Gasteiger partial charge on any atom is 0.173 e. The molecule has 1 aliphatic rings. The lowest BCUT2D eigenvalue weighted by Gasteiger charge is -2.26. The van der Waals surface area contributed by atoms with Crippen molar-refractivity contribution in [2.24, 2.45) is 0 Å². The monoisotopic (exact) mass is 217 g/mol. The molecule has 0 spiro atoms. The molecule has 0 bridgehead atoms. The molecule has 1 atom stereocenters. The van der Waals surface area contributed by atoms with E-state index < -0.39 is 9.04 Å². The highest BCUT2D eigenvalue weighted by atomic mass is 28.3. The molecule has 0 aromatic rings. The maximum atomic E-state index is 5.63. The molecule has 0 aromatic carbocycles. The molecule has 0 saturated carbocycles. The van der Waals surface area contributed by atoms with Gasteiger partial charge in [-0.25, -0.2) is 0 Å². The van der Waals surface area contributed by atoms with Crippen LogP contribution >= 0.6 is 0 Å². The van der Waals surface area contributed by atoms with Crippen molar-refractivity contribution in [1.82, 2.24) is 4.90 Å². The summed E-state index contributed by atoms with van der Waals surface area (Å²) in [5, 5.41) is 0. The Morgan fingerprint density at radius 1 is 1.36 bits per heavy atom. The SMILES string of the molecule is CCO[SiH](C)CCCN1CCOCC1. The molecule has 3 nitrogen and oxygen atoms in total. The van der Waals surface area contributed by atoms with Crippen LogP contribution in [0, 0.1) is 0 Å². The summed E-state index contributed by atoms with van der Waals surface area (Å²) in [7, 11) is -0.832. The predicted octanol–water partition coefficient (Wildman–Crippen LogP) is 1.10. The molecule has 0 aliphatic carbocycles. The molecular weight excluding hydrogens is 194 g/mol. The van der Waals surface area contributed by atoms with Crippen LogP contribution in [0.3, 0.4) is 0 Å². The van der Waals surface area contributed by atoms with Crippen molar-refractivity contribution in [3.63, 3.8) is 0 Å². The summed E-state index contributed by atoms with van der Waals surface area (Å²) in [6.45, 7) is 10.6. The van der Waals surface area contributed by atoms with Gasteiger partial charge in [-0.2, -0.15) is 0 Å². The first-order valence-electron chi connectivity index (χ1n) is 5.74. The number of nitrogens with zero attached hydrogens (tertiary/aromatic N) is 1. The summed E-state index contributed by atoms with van der Waals surface area (Å²) in [6, 6.07) is 1.31. The molecular formula is C10H23NO2Si. The zero-order chi connectivity index (χ0) is 10.2. The van der Waals surface area contributed by atoms with E-state index in [2.05, 4.69) is 18.4 Å². The van der Waals surface area contributed by atoms with Crippen molar-refractivity contribution in [3.05, 3.63) is 0 Å². The Kier molecular flexibility index (Phi) is 6.43. The standard InChI is InChI=1S/C10H23NO2Si/c1-3-13-14(2)10-4-5-11-6-8-12-9-7-11/h14H,3-10H2,1-2H3. The molecule has 1 saturated heterocycles. The van der Waals surface area contributed by atoms with Crippen molar-refractivity contribution >= 4 is 9.04 Å². The number of hydrogen-bond acceptors (Lipinski definition) is 3. The molecule has 0 radical (unpaired) electrons. The van der Waals surface area contributed by atoms with E-state index in [0.717, 1.165) is 32.9 Å². The van der Waals surface area contributed by atoms with Gasteiger partial charge in [-0.3, -0.25) is 4.90 Å². The molecule has 0 N–H and O–H groups in total. The Morgan fingerprint density at radius 3 is 2.71 bits per heavy atom. The van der Waals surface area contributed by atoms with Gasteiger partial charge in [-0.15, -0.1) is 0 Å². The Hall–Kier alpha value is 0.0969. The maximum absolute atomic E-state index is 5.63. The number of morpholine rings is 1. The summed E-state index contributed by atoms with van der Waals surface area (Å²) in [6.07, 6.45) is 1.30. The molecule has 0 aromatic heterocycles. The van der Waals surface area contributed by atoms with E-state index in [-0.39, 0.29) is 0 Å². The third-order valence-electron chi connectivity index (χ3n) is 2.64. The predicted molar refractivity (Wildman–Crippen MR) is 61.3 cm³/mol. The van der Waals surface area contributed by atoms with Crippen molar-refractivity contribution in [2.75, 3.05) is 39.5 Å². The van der Waals surface area contributed by atoms with Gasteiger partial charge >= 0.3 is 0 Å². The van der Waals surface area contributed by atoms with Crippen molar-refractivity contribution in [3.8, 4) is 0 Å². The van der Waals surface area contributed by atoms with E-state index in [1.54, 1.807) is 0 Å². The second-order valence-corrected chi connectivity index (χ2v) is 6.39. The topological polar surface area (TPSA) is 21.7 Å². The summed E-state index contributed by atoms with van der Waals surface area (Å²) in [5.74, 6) is 0. The minimum atomic E-state index is -0.832. The van der Waals surface area contributed by atoms with Gasteiger partial charge in [0, 0.05) is 19.7 Å². The fourth-order valence-corrected chi connectivity index (χ4v) is 3.29. The van der Waals surface area contributed by atoms with Gasteiger partial charge in [0.2, 0.25) is 0 Å². The summed E-state index contributed by atoms with van der Waals surface area (Å²) < 4.78 is 10.9. The molecule has 1 heterocycles. The number of ether oxygens (including phenoxy) is 1. The molecule has 1 fully saturated rings. The third-order valence-corrected chi connectivity index (χ3v) is 4.76. The molecule has 14 heavy (non-hydrogen) atoms. The van der Waals surface area contributed by atoms with Crippen molar-refractivity contribution in [1.29, 1.82) is 0 Å². The van der Waals surface area contributed by atoms with Gasteiger partial charge in [0.1, 0.15) is 0 Å². The molecule has 4 heteroatoms. The van der Waals surface area contributed by atoms with Gasteiger partial charge in [-0.05, 0) is 32.5 Å². The minimum absolute atomic E-state index is 0.832. The number of hydrogen-bond donors (Lipinski definition) is 0. The average molecular weight is 217 g/mol. The van der Waals surface area contributed by atoms with Gasteiger partial charge in [0.15, 0.2) is 9.04 Å². The Balaban J connectivity index is 1.96. The van der Waals surface area contributed by atoms with E-state index in [9.17, 15) is 0 Å². The van der Waals surface area contributed by atoms with Gasteiger partial charge in [0.05, 0.1) is 13.2 Å². The Labute approximate surface area is 89.1 Å². The zero-order valence-electron chi connectivity index (χ0n) is 9.50. The van der Waals surface area contributed by atoms with E-state index >= 15 is 0 Å². The van der Waals surface area contributed by atoms with Crippen LogP contribution < -0.4 is 0 Å². The first-order valence-corrected chi connectivity index (χ1v) is 8.19. The minimum Gasteiger partial charge on any atom is -0.421 e. The lowest BCUT2D eigenvalue weighted by Crippen LogP contribution is -2.37. The second-order valence-electron chi connectivity index (χ2n) is 3.86. The molecule has 84 valence electrons. The molecule has 1 unspecified atom stereocenters. The lowest BCUT2D eigenvalue weighted by atomic mass is 10.3. The molecule has 1 rings (SSSR count). The summed E-state index contributed by atoms with van der Waals surface area (Å²) in [5.41, 5.74) is 0. The quantitative estimate of drug-likeness (QED) is 0.622. The van der Waals surface area contributed by atoms with Crippen LogP contribution in [0.4, 0.5) is 0 Å². The Morgan fingerprint density at radius 2 is 2.07 bits per heavy atom. The van der Waals surface area contributed by atoms with E-state index in [4.69, 9.17) is 9.16 Å². The highest BCUT2D eigenvalue weighted by Gasteiger charge is 2.10. The van der Waals surface area contributed by atoms with E-state index in [1.165, 1.54) is 19.0 Å². The van der Waals surface area contributed by atoms with E-state index in [0.29, 0.717) is 0 Å². The van der Waals surface area contributed by atoms with Crippen LogP contribution in [-0.2, 0) is 9.16 Å². The van der Waals surface area contributed by atoms with Crippen LogP contribution in [0.15, 0.2) is 0 Å². The van der Waals surface area contributed by atoms with E-state index in [1.807, 2.05) is 0 Å². The normalized spacial score (nSPS) is 21.0. The van der Waals surface area contributed by atoms with Crippen LogP contribution in [0.2, 0.25) is 12.6 Å². The van der Waals surface area contributed by atoms with Crippen molar-refractivity contribution in [2.45, 2.75) is 25.9 Å². The third kappa shape index (κ3) is 5.10. The van der Waals surface area contributed by atoms with Crippen LogP contribution in [0.1, 0.15) is 13.3 Å². The number of rotatable bonds is 6. The molecule has 1 aliphatic heterocycles. The lowest BCUT2D eigenvalue weighted by molar-refractivity contribution is 0.0379. The fourth-order valence-electron chi connectivity index (χ4n) is 1.79. The van der Waals surface area contributed by atoms with Crippen LogP contribution in [0.25, 0.3) is 0 Å². The highest BCUT2D eigenvalue weighted by molar-refractivity contribution is 6.50. The smallest absolute Gasteiger partial charge is 0.173 e. The summed E-state index contributed by atoms with van der Waals surface area (Å²) >= 11 is 0. The average Bonchev–Trinajstić information content (AvgIpc) is 2.20. The first-order chi connectivity index (χ1) is 6.83. The largest absolute Gasteiger partial charge is 0.421 e. The highest BCUT2D eigenvalue weighted by Crippen LogP contribution is 2.03. The first kappa shape index (κ1) is 12.2. The second kappa shape index (κ2) is 7.40. The van der Waals surface area contributed by atoms with Gasteiger partial charge in [-0.1, -0.05) is 0 Å². The van der Waals surface area contributed by atoms with Gasteiger partial charge in [0.25, 0.3) is 0 Å². The fraction of sp³-hybridized carbons (Fsp3) is 1.00. The van der Waals surface area contributed by atoms with Crippen LogP contribution in [-0.4, -0.2) is 53.4 Å². The van der Waals surface area contributed by atoms with Crippen LogP contribution in [0.5, 0.6) is 0 Å². The molecule has 0 amide bonds. The zero-order valence-corrected chi connectivity index (χ0v) is 10.7. The summed E-state index contributed by atoms with van der Waals surface area (Å²) in [4.78, 5) is 2.50. The van der Waals surface area contributed by atoms with Crippen molar-refractivity contribution < 1.29 is 9.16 Å².